The average molecular weight is 237 g/mol. The van der Waals surface area contributed by atoms with E-state index in [4.69, 9.17) is 9.47 Å². The highest BCUT2D eigenvalue weighted by molar-refractivity contribution is 5.91. The van der Waals surface area contributed by atoms with Gasteiger partial charge in [0.05, 0.1) is 12.3 Å². The summed E-state index contributed by atoms with van der Waals surface area (Å²) in [5, 5.41) is 2.58. The smallest absolute Gasteiger partial charge is 0.308 e. The van der Waals surface area contributed by atoms with Crippen LogP contribution < -0.4 is 14.8 Å². The van der Waals surface area contributed by atoms with Gasteiger partial charge in [-0.2, -0.15) is 0 Å². The van der Waals surface area contributed by atoms with Gasteiger partial charge in [-0.15, -0.1) is 0 Å². The van der Waals surface area contributed by atoms with Crippen molar-refractivity contribution in [2.24, 2.45) is 0 Å². The lowest BCUT2D eigenvalue weighted by atomic mass is 10.2. The number of esters is 1. The molecule has 5 nitrogen and oxygen atoms in total. The normalized spacial score (nSPS) is 9.59. The lowest BCUT2D eigenvalue weighted by Gasteiger charge is -2.11. The van der Waals surface area contributed by atoms with Crippen molar-refractivity contribution in [1.82, 2.24) is 0 Å². The first-order valence-corrected chi connectivity index (χ1v) is 5.25. The van der Waals surface area contributed by atoms with E-state index >= 15 is 0 Å². The fraction of sp³-hybridized carbons (Fsp3) is 0.333. The molecular weight excluding hydrogens is 222 g/mol. The third-order valence-corrected chi connectivity index (χ3v) is 1.83. The molecule has 0 aliphatic carbocycles. The van der Waals surface area contributed by atoms with Crippen molar-refractivity contribution in [3.8, 4) is 11.5 Å². The van der Waals surface area contributed by atoms with Crippen molar-refractivity contribution >= 4 is 17.6 Å². The summed E-state index contributed by atoms with van der Waals surface area (Å²) < 4.78 is 10.3. The largest absolute Gasteiger partial charge is 0.494 e. The summed E-state index contributed by atoms with van der Waals surface area (Å²) in [7, 11) is 0. The van der Waals surface area contributed by atoms with Gasteiger partial charge in [-0.05, 0) is 19.1 Å². The lowest BCUT2D eigenvalue weighted by molar-refractivity contribution is -0.131. The summed E-state index contributed by atoms with van der Waals surface area (Å²) >= 11 is 0. The van der Waals surface area contributed by atoms with Crippen LogP contribution in [0.25, 0.3) is 0 Å². The highest BCUT2D eigenvalue weighted by Crippen LogP contribution is 2.29. The Morgan fingerprint density at radius 2 is 2.00 bits per heavy atom. The minimum absolute atomic E-state index is 0.234. The van der Waals surface area contributed by atoms with E-state index in [2.05, 4.69) is 5.32 Å². The molecule has 0 spiro atoms. The third-order valence-electron chi connectivity index (χ3n) is 1.83. The predicted molar refractivity (Wildman–Crippen MR) is 63.2 cm³/mol. The van der Waals surface area contributed by atoms with E-state index in [1.54, 1.807) is 18.2 Å². The molecule has 0 aliphatic heterocycles. The van der Waals surface area contributed by atoms with Gasteiger partial charge in [0.15, 0.2) is 5.75 Å². The standard InChI is InChI=1S/C12H15NO4/c1-4-16-10-5-6-11(13-8(2)14)12(7-10)17-9(3)15/h5-7H,4H2,1-3H3,(H,13,14). The quantitative estimate of drug-likeness (QED) is 0.642. The first kappa shape index (κ1) is 13.0. The Balaban J connectivity index is 3.02. The second-order valence-corrected chi connectivity index (χ2v) is 3.37. The Kier molecular flexibility index (Phi) is 4.51. The maximum absolute atomic E-state index is 11.0. The highest BCUT2D eigenvalue weighted by Gasteiger charge is 2.09. The molecule has 17 heavy (non-hydrogen) atoms. The molecule has 0 saturated carbocycles. The number of hydrogen-bond donors (Lipinski definition) is 1. The molecule has 92 valence electrons. The zero-order valence-electron chi connectivity index (χ0n) is 10.1. The molecule has 5 heteroatoms. The first-order valence-electron chi connectivity index (χ1n) is 5.25. The number of carbonyl (C=O) groups excluding carboxylic acids is 2. The number of amides is 1. The highest BCUT2D eigenvalue weighted by atomic mass is 16.5. The topological polar surface area (TPSA) is 64.6 Å². The van der Waals surface area contributed by atoms with Gasteiger partial charge in [-0.1, -0.05) is 0 Å². The molecule has 0 aliphatic rings. The van der Waals surface area contributed by atoms with Gasteiger partial charge in [0.1, 0.15) is 5.75 Å². The van der Waals surface area contributed by atoms with E-state index in [1.165, 1.54) is 13.8 Å². The maximum atomic E-state index is 11.0. The fourth-order valence-electron chi connectivity index (χ4n) is 1.29. The minimum atomic E-state index is -0.453. The second kappa shape index (κ2) is 5.89. The van der Waals surface area contributed by atoms with Crippen LogP contribution in [-0.4, -0.2) is 18.5 Å². The molecule has 0 aromatic heterocycles. The Morgan fingerprint density at radius 3 is 2.53 bits per heavy atom. The number of nitrogens with one attached hydrogen (secondary N) is 1. The number of benzene rings is 1. The van der Waals surface area contributed by atoms with Crippen molar-refractivity contribution in [2.45, 2.75) is 20.8 Å². The predicted octanol–water partition coefficient (Wildman–Crippen LogP) is 1.97. The molecule has 1 aromatic rings. The summed E-state index contributed by atoms with van der Waals surface area (Å²) in [5.74, 6) is 0.171. The van der Waals surface area contributed by atoms with E-state index < -0.39 is 5.97 Å². The Hall–Kier alpha value is -2.04. The number of rotatable bonds is 4. The molecule has 1 aromatic carbocycles. The van der Waals surface area contributed by atoms with E-state index in [0.717, 1.165) is 0 Å². The molecule has 0 unspecified atom stereocenters. The van der Waals surface area contributed by atoms with Gasteiger partial charge in [0.25, 0.3) is 0 Å². The van der Waals surface area contributed by atoms with Crippen LogP contribution in [-0.2, 0) is 9.59 Å². The summed E-state index contributed by atoms with van der Waals surface area (Å²) in [6.07, 6.45) is 0. The zero-order chi connectivity index (χ0) is 12.8. The van der Waals surface area contributed by atoms with Gasteiger partial charge in [-0.25, -0.2) is 0 Å². The SMILES string of the molecule is CCOc1ccc(NC(C)=O)c(OC(C)=O)c1. The molecule has 0 atom stereocenters. The molecule has 1 rings (SSSR count). The lowest BCUT2D eigenvalue weighted by Crippen LogP contribution is -2.10. The van der Waals surface area contributed by atoms with Crippen LogP contribution in [0.1, 0.15) is 20.8 Å². The summed E-state index contributed by atoms with van der Waals surface area (Å²) in [6, 6.07) is 4.89. The van der Waals surface area contributed by atoms with E-state index in [9.17, 15) is 9.59 Å². The van der Waals surface area contributed by atoms with E-state index in [1.807, 2.05) is 6.92 Å². The monoisotopic (exact) mass is 237 g/mol. The first-order chi connectivity index (χ1) is 8.02. The van der Waals surface area contributed by atoms with Crippen molar-refractivity contribution in [3.05, 3.63) is 18.2 Å². The Morgan fingerprint density at radius 1 is 1.29 bits per heavy atom. The molecule has 0 bridgehead atoms. The van der Waals surface area contributed by atoms with Gasteiger partial charge >= 0.3 is 5.97 Å². The Bertz CT molecular complexity index is 429. The zero-order valence-corrected chi connectivity index (χ0v) is 10.1. The fourth-order valence-corrected chi connectivity index (χ4v) is 1.29. The number of carbonyl (C=O) groups is 2. The Labute approximate surface area is 99.7 Å². The summed E-state index contributed by atoms with van der Waals surface area (Å²) in [4.78, 5) is 21.9. The minimum Gasteiger partial charge on any atom is -0.494 e. The summed E-state index contributed by atoms with van der Waals surface area (Å²) in [5.41, 5.74) is 0.441. The van der Waals surface area contributed by atoms with Crippen LogP contribution in [0.5, 0.6) is 11.5 Å². The van der Waals surface area contributed by atoms with Crippen LogP contribution >= 0.6 is 0 Å². The molecule has 0 heterocycles. The number of hydrogen-bond acceptors (Lipinski definition) is 4. The molecule has 1 N–H and O–H groups in total. The molecule has 0 saturated heterocycles. The van der Waals surface area contributed by atoms with Crippen LogP contribution in [0.15, 0.2) is 18.2 Å². The van der Waals surface area contributed by atoms with Crippen molar-refractivity contribution in [3.63, 3.8) is 0 Å². The van der Waals surface area contributed by atoms with Gasteiger partial charge < -0.3 is 14.8 Å². The van der Waals surface area contributed by atoms with Crippen molar-refractivity contribution in [1.29, 1.82) is 0 Å². The number of anilines is 1. The summed E-state index contributed by atoms with van der Waals surface area (Å²) in [6.45, 7) is 5.05. The molecule has 1 amide bonds. The maximum Gasteiger partial charge on any atom is 0.308 e. The molecular formula is C12H15NO4. The van der Waals surface area contributed by atoms with Crippen molar-refractivity contribution < 1.29 is 19.1 Å². The van der Waals surface area contributed by atoms with Gasteiger partial charge in [-0.3, -0.25) is 9.59 Å². The van der Waals surface area contributed by atoms with Crippen LogP contribution in [0.3, 0.4) is 0 Å². The third kappa shape index (κ3) is 4.14. The molecule has 0 radical (unpaired) electrons. The second-order valence-electron chi connectivity index (χ2n) is 3.37. The van der Waals surface area contributed by atoms with Gasteiger partial charge in [0.2, 0.25) is 5.91 Å². The van der Waals surface area contributed by atoms with E-state index in [0.29, 0.717) is 18.0 Å². The van der Waals surface area contributed by atoms with Crippen molar-refractivity contribution in [2.75, 3.05) is 11.9 Å². The van der Waals surface area contributed by atoms with E-state index in [-0.39, 0.29) is 11.7 Å². The van der Waals surface area contributed by atoms with Crippen LogP contribution in [0.2, 0.25) is 0 Å². The average Bonchev–Trinajstić information content (AvgIpc) is 2.21. The molecule has 0 fully saturated rings. The van der Waals surface area contributed by atoms with Crippen LogP contribution in [0.4, 0.5) is 5.69 Å². The van der Waals surface area contributed by atoms with Gasteiger partial charge in [0, 0.05) is 19.9 Å². The van der Waals surface area contributed by atoms with Crippen LogP contribution in [0, 0.1) is 0 Å². The number of ether oxygens (including phenoxy) is 2.